The van der Waals surface area contributed by atoms with Crippen molar-refractivity contribution < 1.29 is 4.74 Å². The number of ether oxygens (including phenoxy) is 1. The average Bonchev–Trinajstić information content (AvgIpc) is 3.17. The first-order valence-electron chi connectivity index (χ1n) is 7.57. The second kappa shape index (κ2) is 6.18. The molecule has 0 radical (unpaired) electrons. The summed E-state index contributed by atoms with van der Waals surface area (Å²) in [6, 6.07) is 0.719. The molecule has 1 aromatic heterocycles. The van der Waals surface area contributed by atoms with E-state index in [0.717, 1.165) is 22.8 Å². The van der Waals surface area contributed by atoms with Gasteiger partial charge in [0.15, 0.2) is 0 Å². The minimum Gasteiger partial charge on any atom is -0.465 e. The molecule has 1 heterocycles. The van der Waals surface area contributed by atoms with Gasteiger partial charge in [-0.2, -0.15) is 0 Å². The third-order valence-electron chi connectivity index (χ3n) is 4.18. The molecule has 5 heteroatoms. The van der Waals surface area contributed by atoms with E-state index < -0.39 is 0 Å². The van der Waals surface area contributed by atoms with Gasteiger partial charge in [0.1, 0.15) is 11.1 Å². The van der Waals surface area contributed by atoms with Gasteiger partial charge in [-0.15, -0.1) is 5.10 Å². The van der Waals surface area contributed by atoms with Crippen molar-refractivity contribution in [2.45, 2.75) is 70.6 Å². The lowest BCUT2D eigenvalue weighted by atomic mass is 9.85. The third kappa shape index (κ3) is 3.66. The van der Waals surface area contributed by atoms with Crippen LogP contribution in [0.25, 0.3) is 0 Å². The van der Waals surface area contributed by atoms with Crippen LogP contribution in [0.4, 0.5) is 0 Å². The Kier molecular flexibility index (Phi) is 4.33. The molecule has 2 fully saturated rings. The first-order chi connectivity index (χ1) is 9.35. The van der Waals surface area contributed by atoms with E-state index in [1.165, 1.54) is 44.9 Å². The van der Waals surface area contributed by atoms with Gasteiger partial charge < -0.3 is 10.1 Å². The summed E-state index contributed by atoms with van der Waals surface area (Å²) in [4.78, 5) is 0. The highest BCUT2D eigenvalue weighted by Gasteiger charge is 2.26. The summed E-state index contributed by atoms with van der Waals surface area (Å²) >= 11 is 1.60. The van der Waals surface area contributed by atoms with Crippen molar-refractivity contribution in [1.29, 1.82) is 0 Å². The van der Waals surface area contributed by atoms with E-state index in [2.05, 4.69) is 22.4 Å². The molecular formula is C14H23N3OS. The van der Waals surface area contributed by atoms with E-state index >= 15 is 0 Å². The van der Waals surface area contributed by atoms with Gasteiger partial charge >= 0.3 is 0 Å². The zero-order valence-corrected chi connectivity index (χ0v) is 12.4. The quantitative estimate of drug-likeness (QED) is 0.870. The molecule has 2 unspecified atom stereocenters. The summed E-state index contributed by atoms with van der Waals surface area (Å²) in [5, 5.41) is 13.7. The van der Waals surface area contributed by atoms with Crippen LogP contribution in [0.5, 0.6) is 5.19 Å². The molecule has 2 saturated carbocycles. The maximum absolute atomic E-state index is 6.08. The van der Waals surface area contributed by atoms with Crippen LogP contribution in [0.15, 0.2) is 0 Å². The highest BCUT2D eigenvalue weighted by molar-refractivity contribution is 7.13. The van der Waals surface area contributed by atoms with Crippen LogP contribution in [-0.2, 0) is 6.54 Å². The SMILES string of the molecule is CCC1CCCCC1Oc1nnc(CNC2CC2)s1. The topological polar surface area (TPSA) is 47.0 Å². The van der Waals surface area contributed by atoms with Gasteiger partial charge in [-0.05, 0) is 44.4 Å². The Hall–Kier alpha value is -0.680. The molecule has 19 heavy (non-hydrogen) atoms. The minimum atomic E-state index is 0.357. The normalized spacial score (nSPS) is 27.4. The smallest absolute Gasteiger partial charge is 0.294 e. The first-order valence-corrected chi connectivity index (χ1v) is 8.39. The summed E-state index contributed by atoms with van der Waals surface area (Å²) in [5.74, 6) is 0.700. The maximum atomic E-state index is 6.08. The van der Waals surface area contributed by atoms with Crippen molar-refractivity contribution in [1.82, 2.24) is 15.5 Å². The predicted octanol–water partition coefficient (Wildman–Crippen LogP) is 3.14. The Morgan fingerprint density at radius 1 is 1.21 bits per heavy atom. The summed E-state index contributed by atoms with van der Waals surface area (Å²) in [7, 11) is 0. The van der Waals surface area contributed by atoms with Crippen LogP contribution in [0.1, 0.15) is 56.9 Å². The van der Waals surface area contributed by atoms with E-state index in [4.69, 9.17) is 4.74 Å². The largest absolute Gasteiger partial charge is 0.465 e. The molecule has 4 nitrogen and oxygen atoms in total. The zero-order valence-electron chi connectivity index (χ0n) is 11.6. The first kappa shape index (κ1) is 13.3. The van der Waals surface area contributed by atoms with Gasteiger partial charge in [0.05, 0.1) is 6.54 Å². The number of aromatic nitrogens is 2. The van der Waals surface area contributed by atoms with Crippen molar-refractivity contribution in [3.8, 4) is 5.19 Å². The van der Waals surface area contributed by atoms with E-state index in [-0.39, 0.29) is 0 Å². The van der Waals surface area contributed by atoms with Crippen molar-refractivity contribution in [3.05, 3.63) is 5.01 Å². The van der Waals surface area contributed by atoms with Crippen LogP contribution >= 0.6 is 11.3 Å². The fourth-order valence-electron chi connectivity index (χ4n) is 2.80. The molecule has 2 aliphatic carbocycles. The standard InChI is InChI=1S/C14H23N3OS/c1-2-10-5-3-4-6-12(10)18-14-17-16-13(19-14)9-15-11-7-8-11/h10-12,15H,2-9H2,1H3. The van der Waals surface area contributed by atoms with Gasteiger partial charge in [-0.3, -0.25) is 0 Å². The van der Waals surface area contributed by atoms with Crippen LogP contribution in [0.3, 0.4) is 0 Å². The van der Waals surface area contributed by atoms with E-state index in [1.54, 1.807) is 11.3 Å². The summed E-state index contributed by atoms with van der Waals surface area (Å²) in [6.07, 6.45) is 9.30. The lowest BCUT2D eigenvalue weighted by Crippen LogP contribution is -2.29. The molecule has 106 valence electrons. The van der Waals surface area contributed by atoms with E-state index in [9.17, 15) is 0 Å². The maximum Gasteiger partial charge on any atom is 0.294 e. The monoisotopic (exact) mass is 281 g/mol. The Labute approximate surface area is 119 Å². The second-order valence-corrected chi connectivity index (χ2v) is 6.75. The summed E-state index contributed by atoms with van der Waals surface area (Å²) < 4.78 is 6.08. The van der Waals surface area contributed by atoms with Crippen molar-refractivity contribution in [2.75, 3.05) is 0 Å². The molecule has 0 amide bonds. The molecule has 1 aromatic rings. The van der Waals surface area contributed by atoms with Crippen molar-refractivity contribution in [3.63, 3.8) is 0 Å². The highest BCUT2D eigenvalue weighted by Crippen LogP contribution is 2.31. The van der Waals surface area contributed by atoms with Crippen LogP contribution in [0.2, 0.25) is 0 Å². The molecule has 3 rings (SSSR count). The van der Waals surface area contributed by atoms with Crippen molar-refractivity contribution >= 4 is 11.3 Å². The van der Waals surface area contributed by atoms with Crippen LogP contribution in [0, 0.1) is 5.92 Å². The number of rotatable bonds is 6. The fraction of sp³-hybridized carbons (Fsp3) is 0.857. The highest BCUT2D eigenvalue weighted by atomic mass is 32.1. The molecule has 0 spiro atoms. The molecule has 2 aliphatic rings. The number of hydrogen-bond donors (Lipinski definition) is 1. The van der Waals surface area contributed by atoms with Gasteiger partial charge in [-0.1, -0.05) is 29.8 Å². The summed E-state index contributed by atoms with van der Waals surface area (Å²) in [5.41, 5.74) is 0. The van der Waals surface area contributed by atoms with Gasteiger partial charge in [0.25, 0.3) is 5.19 Å². The fourth-order valence-corrected chi connectivity index (χ4v) is 3.49. The van der Waals surface area contributed by atoms with E-state index in [1.807, 2.05) is 0 Å². The number of hydrogen-bond acceptors (Lipinski definition) is 5. The predicted molar refractivity (Wildman–Crippen MR) is 76.4 cm³/mol. The van der Waals surface area contributed by atoms with Crippen molar-refractivity contribution in [2.24, 2.45) is 5.92 Å². The van der Waals surface area contributed by atoms with Gasteiger partial charge in [-0.25, -0.2) is 0 Å². The Bertz CT molecular complexity index is 405. The second-order valence-electron chi connectivity index (χ2n) is 5.73. The van der Waals surface area contributed by atoms with Crippen LogP contribution in [-0.4, -0.2) is 22.3 Å². The minimum absolute atomic E-state index is 0.357. The lowest BCUT2D eigenvalue weighted by Gasteiger charge is -2.29. The number of nitrogens with zero attached hydrogens (tertiary/aromatic N) is 2. The molecule has 0 aliphatic heterocycles. The van der Waals surface area contributed by atoms with Gasteiger partial charge in [0.2, 0.25) is 0 Å². The molecule has 0 aromatic carbocycles. The Balaban J connectivity index is 1.52. The number of nitrogens with one attached hydrogen (secondary N) is 1. The molecule has 0 saturated heterocycles. The Morgan fingerprint density at radius 2 is 2.05 bits per heavy atom. The molecule has 2 atom stereocenters. The third-order valence-corrected chi connectivity index (χ3v) is 5.00. The Morgan fingerprint density at radius 3 is 2.84 bits per heavy atom. The zero-order chi connectivity index (χ0) is 13.1. The molecular weight excluding hydrogens is 258 g/mol. The summed E-state index contributed by atoms with van der Waals surface area (Å²) in [6.45, 7) is 3.10. The molecule has 0 bridgehead atoms. The average molecular weight is 281 g/mol. The lowest BCUT2D eigenvalue weighted by molar-refractivity contribution is 0.0893. The van der Waals surface area contributed by atoms with Gasteiger partial charge in [0, 0.05) is 6.04 Å². The van der Waals surface area contributed by atoms with E-state index in [0.29, 0.717) is 12.0 Å². The van der Waals surface area contributed by atoms with Crippen LogP contribution < -0.4 is 10.1 Å². The molecule has 1 N–H and O–H groups in total.